The first-order chi connectivity index (χ1) is 15.6. The van der Waals surface area contributed by atoms with E-state index >= 15 is 0 Å². The fraction of sp³-hybridized carbons (Fsp3) is 0.462. The summed E-state index contributed by atoms with van der Waals surface area (Å²) in [5, 5.41) is 8.45. The molecule has 0 amide bonds. The Kier molecular flexibility index (Phi) is 7.43. The zero-order valence-corrected chi connectivity index (χ0v) is 19.5. The predicted molar refractivity (Wildman–Crippen MR) is 133 cm³/mol. The average molecular weight is 434 g/mol. The number of ether oxygens (including phenoxy) is 1. The number of aryl methyl sites for hydroxylation is 1. The van der Waals surface area contributed by atoms with E-state index in [1.165, 1.54) is 18.4 Å². The van der Waals surface area contributed by atoms with Gasteiger partial charge in [-0.05, 0) is 74.9 Å². The molecule has 2 aromatic carbocycles. The summed E-state index contributed by atoms with van der Waals surface area (Å²) in [6.45, 7) is 1.06. The number of hydrogen-bond donors (Lipinski definition) is 2. The van der Waals surface area contributed by atoms with Crippen LogP contribution in [0.3, 0.4) is 0 Å². The molecule has 0 bridgehead atoms. The second-order valence-corrected chi connectivity index (χ2v) is 8.88. The van der Waals surface area contributed by atoms with Gasteiger partial charge in [0.2, 0.25) is 5.95 Å². The largest absolute Gasteiger partial charge is 0.497 e. The maximum absolute atomic E-state index is 5.23. The van der Waals surface area contributed by atoms with Gasteiger partial charge < -0.3 is 20.3 Å². The molecule has 3 aromatic rings. The van der Waals surface area contributed by atoms with E-state index in [0.29, 0.717) is 12.1 Å². The Morgan fingerprint density at radius 1 is 0.938 bits per heavy atom. The van der Waals surface area contributed by atoms with Crippen LogP contribution in [0.1, 0.15) is 37.7 Å². The molecule has 0 spiro atoms. The number of methoxy groups -OCH3 is 1. The van der Waals surface area contributed by atoms with Gasteiger partial charge in [-0.1, -0.05) is 24.3 Å². The zero-order valence-electron chi connectivity index (χ0n) is 19.5. The first-order valence-electron chi connectivity index (χ1n) is 11.7. The van der Waals surface area contributed by atoms with Crippen molar-refractivity contribution in [1.29, 1.82) is 0 Å². The van der Waals surface area contributed by atoms with Crippen molar-refractivity contribution in [2.75, 3.05) is 38.0 Å². The van der Waals surface area contributed by atoms with E-state index in [9.17, 15) is 0 Å². The molecule has 1 aliphatic carbocycles. The number of anilines is 2. The smallest absolute Gasteiger partial charge is 0.225 e. The molecule has 0 radical (unpaired) electrons. The van der Waals surface area contributed by atoms with Gasteiger partial charge in [-0.25, -0.2) is 4.98 Å². The SMILES string of the molecule is COc1ccc(CCCNC2CCC(Nc3nc(N(C)C)c4ccccc4n3)CC2)cc1. The van der Waals surface area contributed by atoms with Gasteiger partial charge in [0, 0.05) is 31.6 Å². The third kappa shape index (κ3) is 5.68. The van der Waals surface area contributed by atoms with Gasteiger partial charge in [-0.3, -0.25) is 0 Å². The first-order valence-corrected chi connectivity index (χ1v) is 11.7. The van der Waals surface area contributed by atoms with E-state index in [4.69, 9.17) is 14.7 Å². The highest BCUT2D eigenvalue weighted by Crippen LogP contribution is 2.26. The summed E-state index contributed by atoms with van der Waals surface area (Å²) < 4.78 is 5.23. The standard InChI is InChI=1S/C26H35N5O/c1-31(2)25-23-8-4-5-9-24(23)29-26(30-25)28-21-14-12-20(13-15-21)27-18-6-7-19-10-16-22(32-3)17-11-19/h4-5,8-11,16-17,20-21,27H,6-7,12-15,18H2,1-3H3,(H,28,29,30). The molecular formula is C26H35N5O. The van der Waals surface area contributed by atoms with Gasteiger partial charge >= 0.3 is 0 Å². The van der Waals surface area contributed by atoms with Crippen molar-refractivity contribution in [3.8, 4) is 5.75 Å². The number of nitrogens with zero attached hydrogens (tertiary/aromatic N) is 3. The van der Waals surface area contributed by atoms with Gasteiger partial charge in [0.05, 0.1) is 12.6 Å². The highest BCUT2D eigenvalue weighted by Gasteiger charge is 2.21. The molecule has 1 fully saturated rings. The van der Waals surface area contributed by atoms with Crippen molar-refractivity contribution in [1.82, 2.24) is 15.3 Å². The summed E-state index contributed by atoms with van der Waals surface area (Å²) >= 11 is 0. The van der Waals surface area contributed by atoms with Crippen molar-refractivity contribution < 1.29 is 4.74 Å². The number of nitrogens with one attached hydrogen (secondary N) is 2. The monoisotopic (exact) mass is 433 g/mol. The maximum Gasteiger partial charge on any atom is 0.225 e. The molecule has 0 unspecified atom stereocenters. The third-order valence-electron chi connectivity index (χ3n) is 6.30. The van der Waals surface area contributed by atoms with Gasteiger partial charge in [-0.15, -0.1) is 0 Å². The molecule has 6 heteroatoms. The lowest BCUT2D eigenvalue weighted by Gasteiger charge is -2.30. The molecule has 6 nitrogen and oxygen atoms in total. The summed E-state index contributed by atoms with van der Waals surface area (Å²) in [5.41, 5.74) is 2.36. The van der Waals surface area contributed by atoms with Crippen molar-refractivity contribution in [2.24, 2.45) is 0 Å². The highest BCUT2D eigenvalue weighted by molar-refractivity contribution is 5.90. The maximum atomic E-state index is 5.23. The second-order valence-electron chi connectivity index (χ2n) is 8.88. The molecule has 2 N–H and O–H groups in total. The minimum atomic E-state index is 0.434. The van der Waals surface area contributed by atoms with E-state index < -0.39 is 0 Å². The molecule has 1 heterocycles. The van der Waals surface area contributed by atoms with Crippen molar-refractivity contribution >= 4 is 22.7 Å². The van der Waals surface area contributed by atoms with E-state index in [1.807, 2.05) is 38.4 Å². The quantitative estimate of drug-likeness (QED) is 0.479. The molecule has 0 atom stereocenters. The summed E-state index contributed by atoms with van der Waals surface area (Å²) in [6.07, 6.45) is 6.92. The molecule has 4 rings (SSSR count). The summed E-state index contributed by atoms with van der Waals surface area (Å²) in [5.74, 6) is 2.62. The van der Waals surface area contributed by atoms with Crippen LogP contribution >= 0.6 is 0 Å². The fourth-order valence-electron chi connectivity index (χ4n) is 4.48. The van der Waals surface area contributed by atoms with Crippen molar-refractivity contribution in [2.45, 2.75) is 50.6 Å². The number of benzene rings is 2. The molecular weight excluding hydrogens is 398 g/mol. The fourth-order valence-corrected chi connectivity index (χ4v) is 4.48. The minimum Gasteiger partial charge on any atom is -0.497 e. The van der Waals surface area contributed by atoms with Gasteiger partial charge in [0.25, 0.3) is 0 Å². The van der Waals surface area contributed by atoms with Crippen molar-refractivity contribution in [3.63, 3.8) is 0 Å². The summed E-state index contributed by atoms with van der Waals surface area (Å²) in [7, 11) is 5.77. The lowest BCUT2D eigenvalue weighted by atomic mass is 9.91. The minimum absolute atomic E-state index is 0.434. The first kappa shape index (κ1) is 22.3. The van der Waals surface area contributed by atoms with E-state index in [2.05, 4.69) is 39.8 Å². The Balaban J connectivity index is 1.22. The topological polar surface area (TPSA) is 62.3 Å². The van der Waals surface area contributed by atoms with Crippen molar-refractivity contribution in [3.05, 3.63) is 54.1 Å². The molecule has 1 aromatic heterocycles. The van der Waals surface area contributed by atoms with Crippen LogP contribution in [0.4, 0.5) is 11.8 Å². The van der Waals surface area contributed by atoms with Gasteiger partial charge in [0.15, 0.2) is 0 Å². The molecule has 1 saturated carbocycles. The van der Waals surface area contributed by atoms with Crippen LogP contribution in [0.25, 0.3) is 10.9 Å². The van der Waals surface area contributed by atoms with Crippen LogP contribution in [-0.4, -0.2) is 49.8 Å². The zero-order chi connectivity index (χ0) is 22.3. The summed E-state index contributed by atoms with van der Waals surface area (Å²) in [6, 6.07) is 17.7. The molecule has 0 aliphatic heterocycles. The number of fused-ring (bicyclic) bond motifs is 1. The van der Waals surface area contributed by atoms with Crippen LogP contribution in [-0.2, 0) is 6.42 Å². The Labute approximate surface area is 191 Å². The Morgan fingerprint density at radius 2 is 1.66 bits per heavy atom. The van der Waals surface area contributed by atoms with E-state index in [1.54, 1.807) is 7.11 Å². The molecule has 32 heavy (non-hydrogen) atoms. The van der Waals surface area contributed by atoms with Crippen LogP contribution in [0.2, 0.25) is 0 Å². The lowest BCUT2D eigenvalue weighted by molar-refractivity contribution is 0.352. The van der Waals surface area contributed by atoms with Gasteiger partial charge in [-0.2, -0.15) is 4.98 Å². The Bertz CT molecular complexity index is 997. The van der Waals surface area contributed by atoms with E-state index in [-0.39, 0.29) is 0 Å². The van der Waals surface area contributed by atoms with Crippen LogP contribution in [0.5, 0.6) is 5.75 Å². The second kappa shape index (κ2) is 10.6. The van der Waals surface area contributed by atoms with Crippen LogP contribution in [0.15, 0.2) is 48.5 Å². The number of rotatable bonds is 9. The average Bonchev–Trinajstić information content (AvgIpc) is 2.82. The third-order valence-corrected chi connectivity index (χ3v) is 6.30. The van der Waals surface area contributed by atoms with Gasteiger partial charge in [0.1, 0.15) is 11.6 Å². The number of hydrogen-bond acceptors (Lipinski definition) is 6. The van der Waals surface area contributed by atoms with Crippen LogP contribution < -0.4 is 20.3 Å². The van der Waals surface area contributed by atoms with Crippen LogP contribution in [0, 0.1) is 0 Å². The summed E-state index contributed by atoms with van der Waals surface area (Å²) in [4.78, 5) is 11.6. The number of para-hydroxylation sites is 1. The normalized spacial score (nSPS) is 18.5. The Morgan fingerprint density at radius 3 is 2.38 bits per heavy atom. The van der Waals surface area contributed by atoms with E-state index in [0.717, 1.165) is 60.6 Å². The molecule has 170 valence electrons. The highest BCUT2D eigenvalue weighted by atomic mass is 16.5. The molecule has 0 saturated heterocycles. The lowest BCUT2D eigenvalue weighted by Crippen LogP contribution is -2.37. The number of aromatic nitrogens is 2. The predicted octanol–water partition coefficient (Wildman–Crippen LogP) is 4.65. The molecule has 1 aliphatic rings. The Hall–Kier alpha value is -2.86.